The Morgan fingerprint density at radius 2 is 2.00 bits per heavy atom. The molecule has 0 atom stereocenters. The molecule has 0 saturated heterocycles. The van der Waals surface area contributed by atoms with Crippen molar-refractivity contribution in [3.8, 4) is 0 Å². The largest absolute Gasteiger partial charge is 0.353 e. The molecule has 0 aliphatic carbocycles. The number of rotatable bonds is 5. The number of aromatic nitrogens is 4. The normalized spacial score (nSPS) is 10.7. The van der Waals surface area contributed by atoms with Crippen LogP contribution in [-0.2, 0) is 17.9 Å². The number of amides is 1. The molecule has 2 aromatic rings. The van der Waals surface area contributed by atoms with Gasteiger partial charge in [0.2, 0.25) is 5.91 Å². The van der Waals surface area contributed by atoms with E-state index in [2.05, 4.69) is 15.3 Å². The average Bonchev–Trinajstić information content (AvgIpc) is 2.77. The number of carbonyl (C=O) groups excluding carboxylic acids is 1. The van der Waals surface area contributed by atoms with Gasteiger partial charge in [-0.1, -0.05) is 0 Å². The first kappa shape index (κ1) is 15.7. The second-order valence-corrected chi connectivity index (χ2v) is 5.16. The number of nitrogens with one attached hydrogen (secondary N) is 2. The number of aryl methyl sites for hydroxylation is 2. The summed E-state index contributed by atoms with van der Waals surface area (Å²) < 4.78 is 3.13. The Morgan fingerprint density at radius 3 is 2.64 bits per heavy atom. The Labute approximate surface area is 126 Å². The predicted octanol–water partition coefficient (Wildman–Crippen LogP) is -0.525. The quantitative estimate of drug-likeness (QED) is 0.775. The zero-order valence-corrected chi connectivity index (χ0v) is 12.8. The van der Waals surface area contributed by atoms with E-state index >= 15 is 0 Å². The highest BCUT2D eigenvalue weighted by molar-refractivity contribution is 5.75. The van der Waals surface area contributed by atoms with E-state index in [4.69, 9.17) is 0 Å². The van der Waals surface area contributed by atoms with Gasteiger partial charge in [0.25, 0.3) is 5.56 Å². The third-order valence-electron chi connectivity index (χ3n) is 3.52. The zero-order valence-electron chi connectivity index (χ0n) is 12.8. The van der Waals surface area contributed by atoms with Gasteiger partial charge in [0.15, 0.2) is 0 Å². The van der Waals surface area contributed by atoms with E-state index in [0.717, 1.165) is 11.4 Å². The van der Waals surface area contributed by atoms with Crippen LogP contribution in [0.5, 0.6) is 0 Å². The maximum Gasteiger partial charge on any atom is 0.328 e. The van der Waals surface area contributed by atoms with Crippen LogP contribution in [-0.4, -0.2) is 31.6 Å². The van der Waals surface area contributed by atoms with Crippen LogP contribution >= 0.6 is 0 Å². The number of imidazole rings is 1. The van der Waals surface area contributed by atoms with Crippen molar-refractivity contribution >= 4 is 5.91 Å². The number of H-pyrrole nitrogens is 1. The minimum Gasteiger partial charge on any atom is -0.353 e. The standard InChI is InChI=1S/C14H19N5O3/c1-9-6-19(14(22)17-13(9)21)7-12(20)15-4-5-18-8-16-10(2)11(18)3/h6,8H,4-5,7H2,1-3H3,(H,15,20)(H,17,21,22). The summed E-state index contributed by atoms with van der Waals surface area (Å²) in [6.45, 7) is 6.39. The minimum absolute atomic E-state index is 0.127. The summed E-state index contributed by atoms with van der Waals surface area (Å²) in [4.78, 5) is 41.0. The average molecular weight is 305 g/mol. The van der Waals surface area contributed by atoms with Gasteiger partial charge in [-0.25, -0.2) is 9.78 Å². The van der Waals surface area contributed by atoms with Gasteiger partial charge in [-0.15, -0.1) is 0 Å². The first-order chi connectivity index (χ1) is 10.4. The van der Waals surface area contributed by atoms with Gasteiger partial charge in [0.05, 0.1) is 12.0 Å². The van der Waals surface area contributed by atoms with Crippen molar-refractivity contribution in [1.82, 2.24) is 24.4 Å². The van der Waals surface area contributed by atoms with Gasteiger partial charge in [0.1, 0.15) is 6.54 Å². The Balaban J connectivity index is 1.91. The molecule has 0 bridgehead atoms. The molecule has 0 aliphatic rings. The maximum atomic E-state index is 11.9. The molecule has 2 aromatic heterocycles. The van der Waals surface area contributed by atoms with Gasteiger partial charge < -0.3 is 9.88 Å². The number of hydrogen-bond acceptors (Lipinski definition) is 4. The van der Waals surface area contributed by atoms with Crippen molar-refractivity contribution in [2.45, 2.75) is 33.9 Å². The van der Waals surface area contributed by atoms with Crippen LogP contribution in [0.25, 0.3) is 0 Å². The molecule has 0 aliphatic heterocycles. The van der Waals surface area contributed by atoms with Crippen LogP contribution in [0.3, 0.4) is 0 Å². The van der Waals surface area contributed by atoms with E-state index in [1.807, 2.05) is 18.4 Å². The summed E-state index contributed by atoms with van der Waals surface area (Å²) in [7, 11) is 0. The van der Waals surface area contributed by atoms with E-state index in [0.29, 0.717) is 18.7 Å². The lowest BCUT2D eigenvalue weighted by molar-refractivity contribution is -0.121. The molecular formula is C14H19N5O3. The molecule has 0 aromatic carbocycles. The lowest BCUT2D eigenvalue weighted by Gasteiger charge is -2.09. The van der Waals surface area contributed by atoms with Gasteiger partial charge in [-0.3, -0.25) is 19.1 Å². The van der Waals surface area contributed by atoms with Crippen LogP contribution in [0.2, 0.25) is 0 Å². The lowest BCUT2D eigenvalue weighted by Crippen LogP contribution is -2.37. The number of nitrogens with zero attached hydrogens (tertiary/aromatic N) is 3. The van der Waals surface area contributed by atoms with Crippen LogP contribution in [0.1, 0.15) is 17.0 Å². The molecule has 118 valence electrons. The molecule has 0 saturated carbocycles. The highest BCUT2D eigenvalue weighted by atomic mass is 16.2. The Kier molecular flexibility index (Phi) is 4.59. The van der Waals surface area contributed by atoms with E-state index in [-0.39, 0.29) is 12.5 Å². The number of hydrogen-bond donors (Lipinski definition) is 2. The van der Waals surface area contributed by atoms with Gasteiger partial charge in [0, 0.05) is 30.5 Å². The number of aromatic amines is 1. The van der Waals surface area contributed by atoms with Crippen molar-refractivity contribution in [3.05, 3.63) is 50.3 Å². The van der Waals surface area contributed by atoms with Crippen LogP contribution in [0, 0.1) is 20.8 Å². The Bertz CT molecular complexity index is 800. The Hall–Kier alpha value is -2.64. The molecule has 8 nitrogen and oxygen atoms in total. The molecule has 8 heteroatoms. The second-order valence-electron chi connectivity index (χ2n) is 5.16. The highest BCUT2D eigenvalue weighted by Crippen LogP contribution is 2.02. The third-order valence-corrected chi connectivity index (χ3v) is 3.52. The van der Waals surface area contributed by atoms with Gasteiger partial charge in [-0.2, -0.15) is 0 Å². The second kappa shape index (κ2) is 6.42. The molecule has 22 heavy (non-hydrogen) atoms. The molecule has 2 N–H and O–H groups in total. The summed E-state index contributed by atoms with van der Waals surface area (Å²) in [5.74, 6) is -0.289. The molecular weight excluding hydrogens is 286 g/mol. The molecule has 1 amide bonds. The summed E-state index contributed by atoms with van der Waals surface area (Å²) in [5.41, 5.74) is 1.37. The van der Waals surface area contributed by atoms with E-state index in [1.54, 1.807) is 13.3 Å². The van der Waals surface area contributed by atoms with E-state index in [9.17, 15) is 14.4 Å². The first-order valence-electron chi connectivity index (χ1n) is 6.94. The van der Waals surface area contributed by atoms with Crippen LogP contribution in [0.4, 0.5) is 0 Å². The number of carbonyl (C=O) groups is 1. The summed E-state index contributed by atoms with van der Waals surface area (Å²) in [6, 6.07) is 0. The van der Waals surface area contributed by atoms with Gasteiger partial charge in [-0.05, 0) is 20.8 Å². The van der Waals surface area contributed by atoms with Crippen LogP contribution < -0.4 is 16.6 Å². The fourth-order valence-corrected chi connectivity index (χ4v) is 2.03. The molecule has 0 unspecified atom stereocenters. The van der Waals surface area contributed by atoms with Crippen molar-refractivity contribution in [2.24, 2.45) is 0 Å². The highest BCUT2D eigenvalue weighted by Gasteiger charge is 2.07. The van der Waals surface area contributed by atoms with E-state index in [1.165, 1.54) is 10.8 Å². The van der Waals surface area contributed by atoms with Crippen LogP contribution in [0.15, 0.2) is 22.1 Å². The molecule has 0 fully saturated rings. The van der Waals surface area contributed by atoms with E-state index < -0.39 is 11.2 Å². The summed E-state index contributed by atoms with van der Waals surface area (Å²) >= 11 is 0. The lowest BCUT2D eigenvalue weighted by atomic mass is 10.4. The molecule has 0 spiro atoms. The van der Waals surface area contributed by atoms with Crippen molar-refractivity contribution in [1.29, 1.82) is 0 Å². The third kappa shape index (κ3) is 3.51. The Morgan fingerprint density at radius 1 is 1.27 bits per heavy atom. The van der Waals surface area contributed by atoms with Crippen molar-refractivity contribution < 1.29 is 4.79 Å². The zero-order chi connectivity index (χ0) is 16.3. The summed E-state index contributed by atoms with van der Waals surface area (Å²) in [6.07, 6.45) is 3.11. The molecule has 2 heterocycles. The monoisotopic (exact) mass is 305 g/mol. The molecule has 2 rings (SSSR count). The maximum absolute atomic E-state index is 11.9. The minimum atomic E-state index is -0.591. The van der Waals surface area contributed by atoms with Crippen molar-refractivity contribution in [3.63, 3.8) is 0 Å². The molecule has 0 radical (unpaired) electrons. The topological polar surface area (TPSA) is 102 Å². The fourth-order valence-electron chi connectivity index (χ4n) is 2.03. The smallest absolute Gasteiger partial charge is 0.328 e. The fraction of sp³-hybridized carbons (Fsp3) is 0.429. The SMILES string of the molecule is Cc1ncn(CCNC(=O)Cn2cc(C)c(=O)[nH]c2=O)c1C. The van der Waals surface area contributed by atoms with Gasteiger partial charge >= 0.3 is 5.69 Å². The van der Waals surface area contributed by atoms with Crippen molar-refractivity contribution in [2.75, 3.05) is 6.54 Å². The first-order valence-corrected chi connectivity index (χ1v) is 6.94. The predicted molar refractivity (Wildman–Crippen MR) is 80.8 cm³/mol. The summed E-state index contributed by atoms with van der Waals surface area (Å²) in [5, 5.41) is 2.74.